The first-order valence-electron chi connectivity index (χ1n) is 8.61. The molecule has 24 heavy (non-hydrogen) atoms. The van der Waals surface area contributed by atoms with Gasteiger partial charge in [-0.05, 0) is 30.2 Å². The number of carbonyl (C=O) groups excluding carboxylic acids is 2. The predicted molar refractivity (Wildman–Crippen MR) is 91.6 cm³/mol. The minimum atomic E-state index is -0.0637. The second kappa shape index (κ2) is 6.93. The number of likely N-dealkylation sites (N-methyl/N-ethyl adjacent to an activating group) is 1. The monoisotopic (exact) mass is 330 g/mol. The van der Waals surface area contributed by atoms with Gasteiger partial charge in [0.1, 0.15) is 6.61 Å². The molecule has 2 aliphatic heterocycles. The van der Waals surface area contributed by atoms with Gasteiger partial charge in [0.25, 0.3) is 0 Å². The van der Waals surface area contributed by atoms with Gasteiger partial charge < -0.3 is 14.5 Å². The van der Waals surface area contributed by atoms with Crippen LogP contribution < -0.4 is 0 Å². The number of methoxy groups -OCH3 is 1. The second-order valence-electron chi connectivity index (χ2n) is 7.18. The Bertz CT molecular complexity index is 594. The van der Waals surface area contributed by atoms with E-state index < -0.39 is 0 Å². The highest BCUT2D eigenvalue weighted by molar-refractivity contribution is 5.84. The zero-order chi connectivity index (χ0) is 17.2. The first-order valence-corrected chi connectivity index (χ1v) is 8.61. The standard InChI is InChI=1S/C19H26N2O3/c1-20-14-19(8-10-21(11-9-19)17(22)13-24-2)12-16(18(20)23)15-6-4-3-5-7-15/h3-7,16H,8-14H2,1-2H3. The molecule has 0 aliphatic carbocycles. The van der Waals surface area contributed by atoms with Gasteiger partial charge in [-0.25, -0.2) is 0 Å². The molecule has 5 heteroatoms. The summed E-state index contributed by atoms with van der Waals surface area (Å²) in [6.07, 6.45) is 2.78. The van der Waals surface area contributed by atoms with Crippen molar-refractivity contribution in [1.29, 1.82) is 0 Å². The lowest BCUT2D eigenvalue weighted by molar-refractivity contribution is -0.144. The van der Waals surface area contributed by atoms with E-state index in [1.165, 1.54) is 0 Å². The van der Waals surface area contributed by atoms with Crippen molar-refractivity contribution in [3.63, 3.8) is 0 Å². The number of ether oxygens (including phenoxy) is 1. The Labute approximate surface area is 143 Å². The molecule has 130 valence electrons. The quantitative estimate of drug-likeness (QED) is 0.850. The SMILES string of the molecule is COCC(=O)N1CCC2(CC1)CC(c1ccccc1)C(=O)N(C)C2. The van der Waals surface area contributed by atoms with Gasteiger partial charge >= 0.3 is 0 Å². The summed E-state index contributed by atoms with van der Waals surface area (Å²) in [5.74, 6) is 0.211. The van der Waals surface area contributed by atoms with Crippen LogP contribution in [0.3, 0.4) is 0 Å². The Hall–Kier alpha value is -1.88. The summed E-state index contributed by atoms with van der Waals surface area (Å²) in [6, 6.07) is 10.1. The van der Waals surface area contributed by atoms with Crippen LogP contribution in [-0.2, 0) is 14.3 Å². The first kappa shape index (κ1) is 17.0. The number of benzene rings is 1. The van der Waals surface area contributed by atoms with Crippen molar-refractivity contribution in [2.45, 2.75) is 25.2 Å². The van der Waals surface area contributed by atoms with Gasteiger partial charge in [0, 0.05) is 33.8 Å². The zero-order valence-electron chi connectivity index (χ0n) is 14.5. The highest BCUT2D eigenvalue weighted by Crippen LogP contribution is 2.45. The molecule has 0 aromatic heterocycles. The molecule has 0 bridgehead atoms. The second-order valence-corrected chi connectivity index (χ2v) is 7.18. The van der Waals surface area contributed by atoms with Gasteiger partial charge in [-0.3, -0.25) is 9.59 Å². The molecule has 3 rings (SSSR count). The van der Waals surface area contributed by atoms with Crippen molar-refractivity contribution >= 4 is 11.8 Å². The van der Waals surface area contributed by atoms with Crippen LogP contribution in [0.2, 0.25) is 0 Å². The van der Waals surface area contributed by atoms with Crippen molar-refractivity contribution in [3.05, 3.63) is 35.9 Å². The number of amides is 2. The highest BCUT2D eigenvalue weighted by Gasteiger charge is 2.45. The predicted octanol–water partition coefficient (Wildman–Crippen LogP) is 1.89. The number of likely N-dealkylation sites (tertiary alicyclic amines) is 2. The molecule has 2 aliphatic rings. The fourth-order valence-corrected chi connectivity index (χ4v) is 4.19. The van der Waals surface area contributed by atoms with E-state index in [4.69, 9.17) is 4.74 Å². The molecule has 1 spiro atoms. The Kier molecular flexibility index (Phi) is 4.90. The van der Waals surface area contributed by atoms with Crippen LogP contribution in [0.5, 0.6) is 0 Å². The molecular weight excluding hydrogens is 304 g/mol. The molecular formula is C19H26N2O3. The lowest BCUT2D eigenvalue weighted by Gasteiger charge is -2.49. The maximum absolute atomic E-state index is 12.7. The van der Waals surface area contributed by atoms with E-state index in [2.05, 4.69) is 0 Å². The van der Waals surface area contributed by atoms with E-state index in [0.717, 1.165) is 44.5 Å². The third-order valence-corrected chi connectivity index (χ3v) is 5.53. The molecule has 2 amide bonds. The average Bonchev–Trinajstić information content (AvgIpc) is 2.60. The van der Waals surface area contributed by atoms with Crippen molar-refractivity contribution in [1.82, 2.24) is 9.80 Å². The van der Waals surface area contributed by atoms with E-state index in [9.17, 15) is 9.59 Å². The van der Waals surface area contributed by atoms with E-state index in [0.29, 0.717) is 0 Å². The van der Waals surface area contributed by atoms with Crippen LogP contribution in [0.4, 0.5) is 0 Å². The lowest BCUT2D eigenvalue weighted by atomic mass is 9.67. The number of hydrogen-bond donors (Lipinski definition) is 0. The van der Waals surface area contributed by atoms with Gasteiger partial charge in [-0.2, -0.15) is 0 Å². The maximum atomic E-state index is 12.7. The maximum Gasteiger partial charge on any atom is 0.248 e. The summed E-state index contributed by atoms with van der Waals surface area (Å²) >= 11 is 0. The highest BCUT2D eigenvalue weighted by atomic mass is 16.5. The average molecular weight is 330 g/mol. The number of carbonyl (C=O) groups is 2. The third-order valence-electron chi connectivity index (χ3n) is 5.53. The molecule has 1 aromatic rings. The molecule has 2 saturated heterocycles. The van der Waals surface area contributed by atoms with E-state index in [1.807, 2.05) is 47.2 Å². The van der Waals surface area contributed by atoms with Crippen LogP contribution in [-0.4, -0.2) is 62.0 Å². The van der Waals surface area contributed by atoms with Crippen molar-refractivity contribution in [3.8, 4) is 0 Å². The summed E-state index contributed by atoms with van der Waals surface area (Å²) in [5, 5.41) is 0. The van der Waals surface area contributed by atoms with Gasteiger partial charge in [0.15, 0.2) is 0 Å². The summed E-state index contributed by atoms with van der Waals surface area (Å²) in [4.78, 5) is 28.4. The van der Waals surface area contributed by atoms with Gasteiger partial charge in [-0.15, -0.1) is 0 Å². The molecule has 1 atom stereocenters. The van der Waals surface area contributed by atoms with E-state index in [1.54, 1.807) is 7.11 Å². The molecule has 5 nitrogen and oxygen atoms in total. The van der Waals surface area contributed by atoms with Crippen LogP contribution in [0.1, 0.15) is 30.7 Å². The molecule has 1 aromatic carbocycles. The number of hydrogen-bond acceptors (Lipinski definition) is 3. The fraction of sp³-hybridized carbons (Fsp3) is 0.579. The van der Waals surface area contributed by atoms with Crippen LogP contribution in [0.25, 0.3) is 0 Å². The zero-order valence-corrected chi connectivity index (χ0v) is 14.5. The van der Waals surface area contributed by atoms with E-state index >= 15 is 0 Å². The molecule has 0 N–H and O–H groups in total. The van der Waals surface area contributed by atoms with Crippen molar-refractivity contribution in [2.24, 2.45) is 5.41 Å². The van der Waals surface area contributed by atoms with Gasteiger partial charge in [0.05, 0.1) is 5.92 Å². The topological polar surface area (TPSA) is 49.9 Å². The summed E-state index contributed by atoms with van der Waals surface area (Å²) in [5.41, 5.74) is 1.22. The summed E-state index contributed by atoms with van der Waals surface area (Å²) in [6.45, 7) is 2.46. The molecule has 2 heterocycles. The third kappa shape index (κ3) is 3.31. The Balaban J connectivity index is 1.73. The largest absolute Gasteiger partial charge is 0.375 e. The number of rotatable bonds is 3. The lowest BCUT2D eigenvalue weighted by Crippen LogP contribution is -2.53. The summed E-state index contributed by atoms with van der Waals surface area (Å²) in [7, 11) is 3.46. The Morgan fingerprint density at radius 2 is 1.92 bits per heavy atom. The van der Waals surface area contributed by atoms with Crippen LogP contribution in [0.15, 0.2) is 30.3 Å². The molecule has 0 saturated carbocycles. The first-order chi connectivity index (χ1) is 11.5. The Morgan fingerprint density at radius 1 is 1.25 bits per heavy atom. The van der Waals surface area contributed by atoms with Crippen LogP contribution in [0, 0.1) is 5.41 Å². The number of piperidine rings is 2. The van der Waals surface area contributed by atoms with E-state index in [-0.39, 0.29) is 29.8 Å². The van der Waals surface area contributed by atoms with Crippen molar-refractivity contribution < 1.29 is 14.3 Å². The smallest absolute Gasteiger partial charge is 0.248 e. The molecule has 1 unspecified atom stereocenters. The number of nitrogens with zero attached hydrogens (tertiary/aromatic N) is 2. The van der Waals surface area contributed by atoms with Gasteiger partial charge in [0.2, 0.25) is 11.8 Å². The normalized spacial score (nSPS) is 23.6. The minimum Gasteiger partial charge on any atom is -0.375 e. The minimum absolute atomic E-state index is 0.0622. The van der Waals surface area contributed by atoms with Crippen molar-refractivity contribution in [2.75, 3.05) is 40.4 Å². The molecule has 0 radical (unpaired) electrons. The van der Waals surface area contributed by atoms with Crippen LogP contribution >= 0.6 is 0 Å². The Morgan fingerprint density at radius 3 is 2.54 bits per heavy atom. The summed E-state index contributed by atoms with van der Waals surface area (Å²) < 4.78 is 4.96. The van der Waals surface area contributed by atoms with Gasteiger partial charge in [-0.1, -0.05) is 30.3 Å². The molecule has 2 fully saturated rings. The fourth-order valence-electron chi connectivity index (χ4n) is 4.19.